The molecule has 0 aliphatic carbocycles. The van der Waals surface area contributed by atoms with Crippen LogP contribution in [0.4, 0.5) is 0 Å². The minimum atomic E-state index is -1.06. The lowest BCUT2D eigenvalue weighted by Crippen LogP contribution is -2.10. The molecule has 0 amide bonds. The van der Waals surface area contributed by atoms with Crippen LogP contribution in [0.25, 0.3) is 0 Å². The molecule has 1 aromatic rings. The summed E-state index contributed by atoms with van der Waals surface area (Å²) in [6.07, 6.45) is -0.0371. The van der Waals surface area contributed by atoms with E-state index in [1.807, 2.05) is 0 Å². The molecular weight excluding hydrogens is 224 g/mol. The van der Waals surface area contributed by atoms with Gasteiger partial charge in [-0.2, -0.15) is 0 Å². The number of rotatable bonds is 6. The van der Waals surface area contributed by atoms with Crippen molar-refractivity contribution in [1.82, 2.24) is 0 Å². The Morgan fingerprint density at radius 2 is 2.18 bits per heavy atom. The Kier molecular flexibility index (Phi) is 4.78. The van der Waals surface area contributed by atoms with E-state index < -0.39 is 12.1 Å². The van der Waals surface area contributed by atoms with Crippen molar-refractivity contribution in [3.63, 3.8) is 0 Å². The zero-order chi connectivity index (χ0) is 12.8. The molecule has 0 aliphatic rings. The van der Waals surface area contributed by atoms with Crippen LogP contribution in [0.5, 0.6) is 11.5 Å². The molecule has 0 aliphatic heterocycles. The Hall–Kier alpha value is -1.75. The van der Waals surface area contributed by atoms with E-state index >= 15 is 0 Å². The van der Waals surface area contributed by atoms with E-state index in [4.69, 9.17) is 19.7 Å². The van der Waals surface area contributed by atoms with Gasteiger partial charge in [0.1, 0.15) is 17.1 Å². The third-order valence-electron chi connectivity index (χ3n) is 2.21. The second kappa shape index (κ2) is 6.10. The third kappa shape index (κ3) is 3.96. The number of hydrogen-bond acceptors (Lipinski definition) is 4. The van der Waals surface area contributed by atoms with Gasteiger partial charge < -0.3 is 19.7 Å². The minimum absolute atomic E-state index is 0.0800. The smallest absolute Gasteiger partial charge is 0.339 e. The number of carboxylic acids is 1. The van der Waals surface area contributed by atoms with Crippen LogP contribution in [-0.2, 0) is 0 Å². The molecule has 17 heavy (non-hydrogen) atoms. The molecule has 2 N–H and O–H groups in total. The van der Waals surface area contributed by atoms with Crippen LogP contribution in [0.2, 0.25) is 0 Å². The summed E-state index contributed by atoms with van der Waals surface area (Å²) >= 11 is 0. The molecule has 0 radical (unpaired) electrons. The maximum absolute atomic E-state index is 10.9. The summed E-state index contributed by atoms with van der Waals surface area (Å²) in [6, 6.07) is 4.51. The molecule has 0 saturated carbocycles. The van der Waals surface area contributed by atoms with Crippen molar-refractivity contribution in [2.75, 3.05) is 13.7 Å². The first-order chi connectivity index (χ1) is 8.04. The summed E-state index contributed by atoms with van der Waals surface area (Å²) in [7, 11) is 1.50. The third-order valence-corrected chi connectivity index (χ3v) is 2.21. The molecule has 0 aromatic heterocycles. The highest BCUT2D eigenvalue weighted by Crippen LogP contribution is 2.25. The van der Waals surface area contributed by atoms with E-state index in [2.05, 4.69) is 0 Å². The largest absolute Gasteiger partial charge is 0.497 e. The van der Waals surface area contributed by atoms with Gasteiger partial charge >= 0.3 is 5.97 Å². The SMILES string of the molecule is COc1ccc(C(=O)O)c(OCCC(C)O)c1. The molecule has 0 bridgehead atoms. The van der Waals surface area contributed by atoms with E-state index in [9.17, 15) is 4.79 Å². The summed E-state index contributed by atoms with van der Waals surface area (Å²) in [4.78, 5) is 10.9. The Bertz CT molecular complexity index is 386. The van der Waals surface area contributed by atoms with Gasteiger partial charge in [0.25, 0.3) is 0 Å². The van der Waals surface area contributed by atoms with Crippen molar-refractivity contribution < 1.29 is 24.5 Å². The Morgan fingerprint density at radius 1 is 1.47 bits per heavy atom. The van der Waals surface area contributed by atoms with Crippen molar-refractivity contribution in [3.8, 4) is 11.5 Å². The average molecular weight is 240 g/mol. The topological polar surface area (TPSA) is 76.0 Å². The number of aliphatic hydroxyl groups is 1. The minimum Gasteiger partial charge on any atom is -0.497 e. The van der Waals surface area contributed by atoms with Crippen molar-refractivity contribution in [2.45, 2.75) is 19.4 Å². The van der Waals surface area contributed by atoms with Gasteiger partial charge in [-0.25, -0.2) is 4.79 Å². The van der Waals surface area contributed by atoms with Crippen LogP contribution in [0.3, 0.4) is 0 Å². The second-order valence-corrected chi connectivity index (χ2v) is 3.65. The summed E-state index contributed by atoms with van der Waals surface area (Å²) in [5.74, 6) is -0.278. The maximum atomic E-state index is 10.9. The van der Waals surface area contributed by atoms with E-state index in [1.54, 1.807) is 13.0 Å². The quantitative estimate of drug-likeness (QED) is 0.788. The van der Waals surface area contributed by atoms with Crippen LogP contribution >= 0.6 is 0 Å². The monoisotopic (exact) mass is 240 g/mol. The van der Waals surface area contributed by atoms with Gasteiger partial charge in [0.15, 0.2) is 0 Å². The van der Waals surface area contributed by atoms with Crippen LogP contribution in [0.15, 0.2) is 18.2 Å². The highest BCUT2D eigenvalue weighted by atomic mass is 16.5. The van der Waals surface area contributed by atoms with Gasteiger partial charge in [-0.15, -0.1) is 0 Å². The van der Waals surface area contributed by atoms with E-state index in [1.165, 1.54) is 19.2 Å². The number of benzene rings is 1. The first-order valence-corrected chi connectivity index (χ1v) is 5.26. The highest BCUT2D eigenvalue weighted by Gasteiger charge is 2.12. The normalized spacial score (nSPS) is 11.9. The van der Waals surface area contributed by atoms with Gasteiger partial charge in [0.2, 0.25) is 0 Å². The van der Waals surface area contributed by atoms with E-state index in [0.29, 0.717) is 12.2 Å². The van der Waals surface area contributed by atoms with Gasteiger partial charge in [-0.05, 0) is 19.1 Å². The van der Waals surface area contributed by atoms with Crippen molar-refractivity contribution in [1.29, 1.82) is 0 Å². The highest BCUT2D eigenvalue weighted by molar-refractivity contribution is 5.91. The molecule has 0 spiro atoms. The number of carbonyl (C=O) groups is 1. The summed E-state index contributed by atoms with van der Waals surface area (Å²) < 4.78 is 10.3. The van der Waals surface area contributed by atoms with Crippen LogP contribution < -0.4 is 9.47 Å². The molecule has 0 saturated heterocycles. The van der Waals surface area contributed by atoms with Gasteiger partial charge in [-0.3, -0.25) is 0 Å². The zero-order valence-electron chi connectivity index (χ0n) is 9.84. The van der Waals surface area contributed by atoms with E-state index in [0.717, 1.165) is 0 Å². The Balaban J connectivity index is 2.82. The molecule has 5 nitrogen and oxygen atoms in total. The summed E-state index contributed by atoms with van der Waals surface area (Å²) in [5.41, 5.74) is 0.0800. The molecule has 1 rings (SSSR count). The van der Waals surface area contributed by atoms with Gasteiger partial charge in [0.05, 0.1) is 19.8 Å². The predicted octanol–water partition coefficient (Wildman–Crippen LogP) is 1.54. The lowest BCUT2D eigenvalue weighted by atomic mass is 10.2. The Labute approximate surface area is 99.6 Å². The van der Waals surface area contributed by atoms with Crippen molar-refractivity contribution in [3.05, 3.63) is 23.8 Å². The fourth-order valence-electron chi connectivity index (χ4n) is 1.27. The fourth-order valence-corrected chi connectivity index (χ4v) is 1.27. The fraction of sp³-hybridized carbons (Fsp3) is 0.417. The molecule has 94 valence electrons. The molecule has 1 unspecified atom stereocenters. The Morgan fingerprint density at radius 3 is 2.71 bits per heavy atom. The average Bonchev–Trinajstić information content (AvgIpc) is 2.28. The zero-order valence-corrected chi connectivity index (χ0v) is 9.84. The lowest BCUT2D eigenvalue weighted by Gasteiger charge is -2.11. The first-order valence-electron chi connectivity index (χ1n) is 5.26. The second-order valence-electron chi connectivity index (χ2n) is 3.65. The van der Waals surface area contributed by atoms with Crippen LogP contribution in [0, 0.1) is 0 Å². The van der Waals surface area contributed by atoms with Crippen LogP contribution in [-0.4, -0.2) is 36.0 Å². The van der Waals surface area contributed by atoms with Crippen molar-refractivity contribution >= 4 is 5.97 Å². The number of carboxylic acid groups (broad SMARTS) is 1. The molecule has 1 aromatic carbocycles. The molecule has 0 fully saturated rings. The molecule has 5 heteroatoms. The van der Waals surface area contributed by atoms with Gasteiger partial charge in [0, 0.05) is 12.5 Å². The number of aromatic carboxylic acids is 1. The van der Waals surface area contributed by atoms with Gasteiger partial charge in [-0.1, -0.05) is 0 Å². The standard InChI is InChI=1S/C12H16O5/c1-8(13)5-6-17-11-7-9(16-2)3-4-10(11)12(14)15/h3-4,7-8,13H,5-6H2,1-2H3,(H,14,15). The molecule has 1 atom stereocenters. The first kappa shape index (κ1) is 13.3. The number of aliphatic hydroxyl groups excluding tert-OH is 1. The number of hydrogen-bond donors (Lipinski definition) is 2. The number of ether oxygens (including phenoxy) is 2. The molecule has 0 heterocycles. The summed E-state index contributed by atoms with van der Waals surface area (Å²) in [6.45, 7) is 1.90. The van der Waals surface area contributed by atoms with Crippen molar-refractivity contribution in [2.24, 2.45) is 0 Å². The summed E-state index contributed by atoms with van der Waals surface area (Å²) in [5, 5.41) is 18.1. The maximum Gasteiger partial charge on any atom is 0.339 e. The molecular formula is C12H16O5. The lowest BCUT2D eigenvalue weighted by molar-refractivity contribution is 0.0691. The van der Waals surface area contributed by atoms with Crippen LogP contribution in [0.1, 0.15) is 23.7 Å². The van der Waals surface area contributed by atoms with E-state index in [-0.39, 0.29) is 17.9 Å². The number of methoxy groups -OCH3 is 1. The predicted molar refractivity (Wildman–Crippen MR) is 61.7 cm³/mol.